The number of nitrogens with zero attached hydrogens (tertiary/aromatic N) is 3. The van der Waals surface area contributed by atoms with Gasteiger partial charge in [-0.3, -0.25) is 4.79 Å². The van der Waals surface area contributed by atoms with E-state index in [-0.39, 0.29) is 10.8 Å². The number of rotatable bonds is 4. The van der Waals surface area contributed by atoms with Crippen molar-refractivity contribution in [2.45, 2.75) is 19.4 Å². The van der Waals surface area contributed by atoms with Crippen LogP contribution in [-0.2, 0) is 6.54 Å². The Morgan fingerprint density at radius 1 is 1.50 bits per heavy atom. The second kappa shape index (κ2) is 5.54. The minimum atomic E-state index is -0.0546. The maximum Gasteiger partial charge on any atom is 0.274 e. The highest BCUT2D eigenvalue weighted by Crippen LogP contribution is 2.30. The molecular weight excluding hydrogens is 344 g/mol. The Labute approximate surface area is 129 Å². The van der Waals surface area contributed by atoms with Gasteiger partial charge >= 0.3 is 0 Å². The van der Waals surface area contributed by atoms with Gasteiger partial charge in [0.25, 0.3) is 5.56 Å². The summed E-state index contributed by atoms with van der Waals surface area (Å²) in [4.78, 5) is 20.3. The fourth-order valence-electron chi connectivity index (χ4n) is 1.92. The Hall–Kier alpha value is -1.40. The standard InChI is InChI=1S/C13H12BrClN4O/c14-9-6-16-13(15)18-11(9)17-10-2-1-5-19(12(10)20)7-8-3-4-8/h1-2,5-6,8H,3-4,7H2,(H,16,17,18). The predicted octanol–water partition coefficient (Wildman–Crippen LogP) is 3.21. The van der Waals surface area contributed by atoms with Gasteiger partial charge in [-0.1, -0.05) is 0 Å². The molecule has 7 heteroatoms. The van der Waals surface area contributed by atoms with Gasteiger partial charge in [-0.25, -0.2) is 4.98 Å². The van der Waals surface area contributed by atoms with E-state index < -0.39 is 0 Å². The summed E-state index contributed by atoms with van der Waals surface area (Å²) in [6.07, 6.45) is 5.77. The van der Waals surface area contributed by atoms with E-state index in [9.17, 15) is 4.79 Å². The topological polar surface area (TPSA) is 59.8 Å². The molecule has 0 aromatic carbocycles. The monoisotopic (exact) mass is 354 g/mol. The molecule has 0 saturated heterocycles. The van der Waals surface area contributed by atoms with Crippen LogP contribution in [0.3, 0.4) is 0 Å². The van der Waals surface area contributed by atoms with Crippen molar-refractivity contribution in [2.75, 3.05) is 5.32 Å². The van der Waals surface area contributed by atoms with Crippen molar-refractivity contribution in [2.24, 2.45) is 5.92 Å². The average molecular weight is 356 g/mol. The third-order valence-corrected chi connectivity index (χ3v) is 3.90. The van der Waals surface area contributed by atoms with Crippen molar-refractivity contribution in [3.63, 3.8) is 0 Å². The lowest BCUT2D eigenvalue weighted by Gasteiger charge is -2.10. The molecule has 2 heterocycles. The summed E-state index contributed by atoms with van der Waals surface area (Å²) in [5.74, 6) is 1.12. The molecule has 1 saturated carbocycles. The molecule has 0 bridgehead atoms. The van der Waals surface area contributed by atoms with Gasteiger partial charge in [-0.2, -0.15) is 4.98 Å². The first-order chi connectivity index (χ1) is 9.63. The van der Waals surface area contributed by atoms with E-state index >= 15 is 0 Å². The Bertz CT molecular complexity index is 699. The Kier molecular flexibility index (Phi) is 3.76. The molecular formula is C13H12BrClN4O. The fourth-order valence-corrected chi connectivity index (χ4v) is 2.34. The molecule has 1 N–H and O–H groups in total. The SMILES string of the molecule is O=c1c(Nc2nc(Cl)ncc2Br)cccn1CC1CC1. The summed E-state index contributed by atoms with van der Waals surface area (Å²) in [5, 5.41) is 3.13. The van der Waals surface area contributed by atoms with Gasteiger partial charge in [-0.15, -0.1) is 0 Å². The Balaban J connectivity index is 1.90. The number of aromatic nitrogens is 3. The van der Waals surface area contributed by atoms with Crippen LogP contribution in [0.2, 0.25) is 5.28 Å². The molecule has 2 aromatic rings. The lowest BCUT2D eigenvalue weighted by molar-refractivity contribution is 0.608. The minimum absolute atomic E-state index is 0.0546. The molecule has 0 unspecified atom stereocenters. The van der Waals surface area contributed by atoms with Gasteiger partial charge in [0.05, 0.1) is 4.47 Å². The van der Waals surface area contributed by atoms with Crippen molar-refractivity contribution in [1.82, 2.24) is 14.5 Å². The van der Waals surface area contributed by atoms with E-state index in [1.807, 2.05) is 12.3 Å². The zero-order valence-electron chi connectivity index (χ0n) is 10.5. The van der Waals surface area contributed by atoms with Crippen LogP contribution in [0.5, 0.6) is 0 Å². The molecule has 104 valence electrons. The van der Waals surface area contributed by atoms with Crippen molar-refractivity contribution in [3.8, 4) is 0 Å². The van der Waals surface area contributed by atoms with Crippen LogP contribution in [0.4, 0.5) is 11.5 Å². The molecule has 5 nitrogen and oxygen atoms in total. The fraction of sp³-hybridized carbons (Fsp3) is 0.308. The molecule has 20 heavy (non-hydrogen) atoms. The number of hydrogen-bond acceptors (Lipinski definition) is 4. The Morgan fingerprint density at radius 2 is 2.30 bits per heavy atom. The first-order valence-corrected chi connectivity index (χ1v) is 7.45. The van der Waals surface area contributed by atoms with Crippen LogP contribution in [0, 0.1) is 5.92 Å². The molecule has 0 atom stereocenters. The lowest BCUT2D eigenvalue weighted by Crippen LogP contribution is -2.22. The summed E-state index contributed by atoms with van der Waals surface area (Å²) in [5.41, 5.74) is 0.421. The summed E-state index contributed by atoms with van der Waals surface area (Å²) < 4.78 is 2.38. The Morgan fingerprint density at radius 3 is 3.05 bits per heavy atom. The van der Waals surface area contributed by atoms with E-state index in [0.29, 0.717) is 21.9 Å². The third-order valence-electron chi connectivity index (χ3n) is 3.14. The number of anilines is 2. The van der Waals surface area contributed by atoms with Crippen molar-refractivity contribution in [3.05, 3.63) is 44.6 Å². The summed E-state index contributed by atoms with van der Waals surface area (Å²) in [6.45, 7) is 0.778. The smallest absolute Gasteiger partial charge is 0.274 e. The van der Waals surface area contributed by atoms with Crippen LogP contribution in [-0.4, -0.2) is 14.5 Å². The highest BCUT2D eigenvalue weighted by atomic mass is 79.9. The average Bonchev–Trinajstić information content (AvgIpc) is 3.22. The summed E-state index contributed by atoms with van der Waals surface area (Å²) >= 11 is 9.09. The van der Waals surface area contributed by atoms with Gasteiger partial charge in [0.15, 0.2) is 0 Å². The third kappa shape index (κ3) is 3.02. The largest absolute Gasteiger partial charge is 0.335 e. The lowest BCUT2D eigenvalue weighted by atomic mass is 10.3. The molecule has 1 fully saturated rings. The molecule has 0 aliphatic heterocycles. The van der Waals surface area contributed by atoms with Crippen LogP contribution >= 0.6 is 27.5 Å². The van der Waals surface area contributed by atoms with E-state index in [4.69, 9.17) is 11.6 Å². The number of pyridine rings is 1. The first-order valence-electron chi connectivity index (χ1n) is 6.28. The van der Waals surface area contributed by atoms with Gasteiger partial charge < -0.3 is 9.88 Å². The summed E-state index contributed by atoms with van der Waals surface area (Å²) in [7, 11) is 0. The van der Waals surface area contributed by atoms with Gasteiger partial charge in [-0.05, 0) is 58.4 Å². The normalized spacial score (nSPS) is 14.3. The van der Waals surface area contributed by atoms with Gasteiger partial charge in [0.2, 0.25) is 5.28 Å². The molecule has 1 aliphatic carbocycles. The molecule has 1 aliphatic rings. The first kappa shape index (κ1) is 13.6. The van der Waals surface area contributed by atoms with E-state index in [1.165, 1.54) is 12.8 Å². The second-order valence-corrected chi connectivity index (χ2v) is 5.98. The molecule has 0 spiro atoms. The van der Waals surface area contributed by atoms with Gasteiger partial charge in [0.1, 0.15) is 11.5 Å². The molecule has 2 aromatic heterocycles. The van der Waals surface area contributed by atoms with Crippen molar-refractivity contribution in [1.29, 1.82) is 0 Å². The summed E-state index contributed by atoms with van der Waals surface area (Å²) in [6, 6.07) is 3.58. The maximum absolute atomic E-state index is 12.3. The van der Waals surface area contributed by atoms with Crippen molar-refractivity contribution < 1.29 is 0 Å². The maximum atomic E-state index is 12.3. The van der Waals surface area contributed by atoms with Crippen LogP contribution in [0.25, 0.3) is 0 Å². The predicted molar refractivity (Wildman–Crippen MR) is 81.5 cm³/mol. The zero-order chi connectivity index (χ0) is 14.1. The van der Waals surface area contributed by atoms with Crippen LogP contribution in [0.15, 0.2) is 33.8 Å². The molecule has 3 rings (SSSR count). The highest BCUT2D eigenvalue weighted by Gasteiger charge is 2.22. The van der Waals surface area contributed by atoms with Crippen LogP contribution in [0.1, 0.15) is 12.8 Å². The van der Waals surface area contributed by atoms with Gasteiger partial charge in [0, 0.05) is 18.9 Å². The quantitative estimate of drug-likeness (QED) is 0.856. The molecule has 0 radical (unpaired) electrons. The van der Waals surface area contributed by atoms with E-state index in [2.05, 4.69) is 31.2 Å². The minimum Gasteiger partial charge on any atom is -0.335 e. The van der Waals surface area contributed by atoms with Crippen LogP contribution < -0.4 is 10.9 Å². The second-order valence-electron chi connectivity index (χ2n) is 4.78. The zero-order valence-corrected chi connectivity index (χ0v) is 12.9. The number of halogens is 2. The van der Waals surface area contributed by atoms with E-state index in [1.54, 1.807) is 16.8 Å². The number of nitrogens with one attached hydrogen (secondary N) is 1. The van der Waals surface area contributed by atoms with E-state index in [0.717, 1.165) is 6.54 Å². The molecule has 0 amide bonds. The highest BCUT2D eigenvalue weighted by molar-refractivity contribution is 9.10. The number of hydrogen-bond donors (Lipinski definition) is 1. The van der Waals surface area contributed by atoms with Crippen molar-refractivity contribution >= 4 is 39.0 Å².